The Kier molecular flexibility index (Phi) is 8.75. The SMILES string of the molecule is COC1OC(CNC(=O)c2ccccc2)C(OS(C)(=O)=O)C(OC)C1NC(=O)c1ccccc1. The van der Waals surface area contributed by atoms with Crippen molar-refractivity contribution < 1.29 is 36.4 Å². The van der Waals surface area contributed by atoms with Crippen molar-refractivity contribution in [2.75, 3.05) is 27.0 Å². The van der Waals surface area contributed by atoms with Gasteiger partial charge in [0, 0.05) is 31.9 Å². The van der Waals surface area contributed by atoms with Crippen LogP contribution >= 0.6 is 0 Å². The fourth-order valence-electron chi connectivity index (χ4n) is 3.73. The van der Waals surface area contributed by atoms with Crippen molar-refractivity contribution in [3.63, 3.8) is 0 Å². The number of hydrogen-bond acceptors (Lipinski definition) is 8. The molecule has 1 aliphatic heterocycles. The van der Waals surface area contributed by atoms with E-state index in [0.29, 0.717) is 11.1 Å². The van der Waals surface area contributed by atoms with E-state index >= 15 is 0 Å². The highest BCUT2D eigenvalue weighted by molar-refractivity contribution is 7.86. The van der Waals surface area contributed by atoms with E-state index in [2.05, 4.69) is 10.6 Å². The van der Waals surface area contributed by atoms with E-state index in [-0.39, 0.29) is 12.5 Å². The molecule has 0 aromatic heterocycles. The van der Waals surface area contributed by atoms with E-state index in [9.17, 15) is 18.0 Å². The van der Waals surface area contributed by atoms with Gasteiger partial charge in [0.15, 0.2) is 6.29 Å². The maximum Gasteiger partial charge on any atom is 0.264 e. The molecule has 2 amide bonds. The Labute approximate surface area is 198 Å². The number of benzene rings is 2. The lowest BCUT2D eigenvalue weighted by Gasteiger charge is -2.45. The third-order valence-corrected chi connectivity index (χ3v) is 5.84. The highest BCUT2D eigenvalue weighted by Crippen LogP contribution is 2.27. The lowest BCUT2D eigenvalue weighted by atomic mass is 9.95. The molecule has 0 spiro atoms. The van der Waals surface area contributed by atoms with Gasteiger partial charge in [0.25, 0.3) is 21.9 Å². The van der Waals surface area contributed by atoms with Gasteiger partial charge in [-0.05, 0) is 24.3 Å². The molecule has 2 N–H and O–H groups in total. The third kappa shape index (κ3) is 6.61. The fourth-order valence-corrected chi connectivity index (χ4v) is 4.37. The Hall–Kier alpha value is -2.83. The zero-order valence-corrected chi connectivity index (χ0v) is 19.9. The van der Waals surface area contributed by atoms with Crippen LogP contribution in [0.25, 0.3) is 0 Å². The summed E-state index contributed by atoms with van der Waals surface area (Å²) in [5, 5.41) is 5.51. The quantitative estimate of drug-likeness (QED) is 0.495. The molecule has 1 heterocycles. The van der Waals surface area contributed by atoms with Crippen LogP contribution in [0.4, 0.5) is 0 Å². The molecule has 0 aliphatic carbocycles. The average molecular weight is 493 g/mol. The number of rotatable bonds is 9. The Morgan fingerprint density at radius 3 is 1.94 bits per heavy atom. The Morgan fingerprint density at radius 1 is 0.882 bits per heavy atom. The first-order valence-electron chi connectivity index (χ1n) is 10.5. The minimum atomic E-state index is -3.94. The van der Waals surface area contributed by atoms with Gasteiger partial charge < -0.3 is 24.8 Å². The minimum Gasteiger partial charge on any atom is -0.376 e. The molecule has 1 fully saturated rings. The second kappa shape index (κ2) is 11.5. The molecular weight excluding hydrogens is 464 g/mol. The van der Waals surface area contributed by atoms with E-state index in [1.807, 2.05) is 0 Å². The Morgan fingerprint density at radius 2 is 1.44 bits per heavy atom. The maximum atomic E-state index is 12.8. The van der Waals surface area contributed by atoms with Gasteiger partial charge in [0.2, 0.25) is 0 Å². The summed E-state index contributed by atoms with van der Waals surface area (Å²) in [5.74, 6) is -0.794. The molecule has 5 atom stereocenters. The van der Waals surface area contributed by atoms with Gasteiger partial charge in [-0.1, -0.05) is 36.4 Å². The van der Waals surface area contributed by atoms with E-state index in [1.165, 1.54) is 14.2 Å². The molecule has 0 radical (unpaired) electrons. The molecule has 2 aromatic rings. The molecule has 11 heteroatoms. The van der Waals surface area contributed by atoms with Crippen molar-refractivity contribution in [3.05, 3.63) is 71.8 Å². The zero-order valence-electron chi connectivity index (χ0n) is 19.0. The normalized spacial score (nSPS) is 24.9. The average Bonchev–Trinajstić information content (AvgIpc) is 2.83. The predicted octanol–water partition coefficient (Wildman–Crippen LogP) is 0.946. The number of ether oxygens (including phenoxy) is 3. The second-order valence-electron chi connectivity index (χ2n) is 7.69. The molecule has 184 valence electrons. The van der Waals surface area contributed by atoms with Crippen molar-refractivity contribution in [1.29, 1.82) is 0 Å². The molecule has 5 unspecified atom stereocenters. The van der Waals surface area contributed by atoms with Crippen molar-refractivity contribution >= 4 is 21.9 Å². The monoisotopic (exact) mass is 492 g/mol. The Balaban J connectivity index is 1.83. The summed E-state index contributed by atoms with van der Waals surface area (Å²) < 4.78 is 46.3. The van der Waals surface area contributed by atoms with Crippen LogP contribution in [0.5, 0.6) is 0 Å². The molecule has 1 aliphatic rings. The van der Waals surface area contributed by atoms with Gasteiger partial charge in [-0.3, -0.25) is 13.8 Å². The summed E-state index contributed by atoms with van der Waals surface area (Å²) in [6, 6.07) is 16.1. The molecule has 2 aromatic carbocycles. The molecule has 0 bridgehead atoms. The van der Waals surface area contributed by atoms with Crippen LogP contribution < -0.4 is 10.6 Å². The third-order valence-electron chi connectivity index (χ3n) is 5.27. The summed E-state index contributed by atoms with van der Waals surface area (Å²) in [7, 11) is -1.20. The fraction of sp³-hybridized carbons (Fsp3) is 0.391. The van der Waals surface area contributed by atoms with Crippen LogP contribution in [0, 0.1) is 0 Å². The second-order valence-corrected chi connectivity index (χ2v) is 9.29. The molecule has 1 saturated heterocycles. The smallest absolute Gasteiger partial charge is 0.264 e. The summed E-state index contributed by atoms with van der Waals surface area (Å²) in [6.07, 6.45) is -3.21. The minimum absolute atomic E-state index is 0.0903. The first-order chi connectivity index (χ1) is 16.2. The van der Waals surface area contributed by atoms with Gasteiger partial charge in [0.05, 0.1) is 6.26 Å². The largest absolute Gasteiger partial charge is 0.376 e. The number of nitrogens with one attached hydrogen (secondary N) is 2. The van der Waals surface area contributed by atoms with Gasteiger partial charge in [0.1, 0.15) is 24.4 Å². The lowest BCUT2D eigenvalue weighted by molar-refractivity contribution is -0.252. The van der Waals surface area contributed by atoms with E-state index in [4.69, 9.17) is 18.4 Å². The van der Waals surface area contributed by atoms with Gasteiger partial charge in [-0.15, -0.1) is 0 Å². The van der Waals surface area contributed by atoms with Gasteiger partial charge in [-0.2, -0.15) is 8.42 Å². The van der Waals surface area contributed by atoms with Crippen LogP contribution in [0.1, 0.15) is 20.7 Å². The summed E-state index contributed by atoms with van der Waals surface area (Å²) in [6.45, 7) is -0.0903. The number of amides is 2. The number of carbonyl (C=O) groups excluding carboxylic acids is 2. The summed E-state index contributed by atoms with van der Waals surface area (Å²) >= 11 is 0. The number of methoxy groups -OCH3 is 2. The van der Waals surface area contributed by atoms with Gasteiger partial charge >= 0.3 is 0 Å². The van der Waals surface area contributed by atoms with E-state index in [0.717, 1.165) is 6.26 Å². The standard InChI is InChI=1S/C23H28N2O8S/c1-30-20-18(25-22(27)16-12-8-5-9-13-16)23(31-2)32-17(19(20)33-34(3,28)29)14-24-21(26)15-10-6-4-7-11-15/h4-13,17-20,23H,14H2,1-3H3,(H,24,26)(H,25,27). The zero-order chi connectivity index (χ0) is 24.7. The van der Waals surface area contributed by atoms with Crippen molar-refractivity contribution in [3.8, 4) is 0 Å². The summed E-state index contributed by atoms with van der Waals surface area (Å²) in [5.41, 5.74) is 0.823. The lowest BCUT2D eigenvalue weighted by Crippen LogP contribution is -2.66. The molecular formula is C23H28N2O8S. The van der Waals surface area contributed by atoms with Crippen molar-refractivity contribution in [1.82, 2.24) is 10.6 Å². The summed E-state index contributed by atoms with van der Waals surface area (Å²) in [4.78, 5) is 25.3. The van der Waals surface area contributed by atoms with Crippen LogP contribution in [-0.4, -0.2) is 77.9 Å². The highest BCUT2D eigenvalue weighted by Gasteiger charge is 2.49. The van der Waals surface area contributed by atoms with E-state index < -0.39 is 46.7 Å². The molecule has 10 nitrogen and oxygen atoms in total. The molecule has 0 saturated carbocycles. The van der Waals surface area contributed by atoms with Crippen LogP contribution in [-0.2, 0) is 28.5 Å². The van der Waals surface area contributed by atoms with Crippen molar-refractivity contribution in [2.45, 2.75) is 30.6 Å². The predicted molar refractivity (Wildman–Crippen MR) is 123 cm³/mol. The molecule has 34 heavy (non-hydrogen) atoms. The van der Waals surface area contributed by atoms with Crippen LogP contribution in [0.3, 0.4) is 0 Å². The number of hydrogen-bond donors (Lipinski definition) is 2. The Bertz CT molecular complexity index is 1060. The van der Waals surface area contributed by atoms with Crippen LogP contribution in [0.2, 0.25) is 0 Å². The van der Waals surface area contributed by atoms with Crippen molar-refractivity contribution in [2.24, 2.45) is 0 Å². The maximum absolute atomic E-state index is 12.8. The number of carbonyl (C=O) groups is 2. The first kappa shape index (κ1) is 25.8. The first-order valence-corrected chi connectivity index (χ1v) is 12.3. The highest BCUT2D eigenvalue weighted by atomic mass is 32.2. The topological polar surface area (TPSA) is 129 Å². The van der Waals surface area contributed by atoms with Crippen LogP contribution in [0.15, 0.2) is 60.7 Å². The molecule has 3 rings (SSSR count). The van der Waals surface area contributed by atoms with Gasteiger partial charge in [-0.25, -0.2) is 0 Å². The van der Waals surface area contributed by atoms with E-state index in [1.54, 1.807) is 60.7 Å².